The number of halogens is 2. The fourth-order valence-electron chi connectivity index (χ4n) is 3.08. The summed E-state index contributed by atoms with van der Waals surface area (Å²) in [5.74, 6) is -1.02. The molecule has 1 heterocycles. The second-order valence-electron chi connectivity index (χ2n) is 6.42. The van der Waals surface area contributed by atoms with Crippen molar-refractivity contribution in [2.45, 2.75) is 31.8 Å². The van der Waals surface area contributed by atoms with E-state index in [-0.39, 0.29) is 11.5 Å². The van der Waals surface area contributed by atoms with Gasteiger partial charge < -0.3 is 10.2 Å². The smallest absolute Gasteiger partial charge is 0.252 e. The van der Waals surface area contributed by atoms with Crippen LogP contribution in [0, 0.1) is 5.82 Å². The van der Waals surface area contributed by atoms with Crippen molar-refractivity contribution in [2.75, 3.05) is 6.54 Å². The van der Waals surface area contributed by atoms with Gasteiger partial charge in [0.15, 0.2) is 0 Å². The molecule has 1 atom stereocenters. The van der Waals surface area contributed by atoms with E-state index in [0.717, 1.165) is 18.4 Å². The molecular weight excluding hydrogens is 355 g/mol. The van der Waals surface area contributed by atoms with Crippen LogP contribution >= 0.6 is 11.6 Å². The minimum atomic E-state index is -0.597. The molecule has 3 rings (SSSR count). The van der Waals surface area contributed by atoms with Crippen molar-refractivity contribution in [2.24, 2.45) is 0 Å². The Labute approximate surface area is 157 Å². The maximum atomic E-state index is 13.3. The van der Waals surface area contributed by atoms with Crippen LogP contribution in [0.1, 0.15) is 35.2 Å². The number of benzene rings is 2. The lowest BCUT2D eigenvalue weighted by Crippen LogP contribution is -2.47. The number of carbonyl (C=O) groups is 2. The molecule has 0 spiro atoms. The fraction of sp³-hybridized carbons (Fsp3) is 0.300. The van der Waals surface area contributed by atoms with Crippen LogP contribution < -0.4 is 5.32 Å². The molecule has 1 N–H and O–H groups in total. The molecular formula is C20H20ClFN2O2. The summed E-state index contributed by atoms with van der Waals surface area (Å²) >= 11 is 5.90. The molecule has 26 heavy (non-hydrogen) atoms. The Morgan fingerprint density at radius 1 is 1.19 bits per heavy atom. The summed E-state index contributed by atoms with van der Waals surface area (Å²) in [6.07, 6.45) is 2.31. The third-order valence-electron chi connectivity index (χ3n) is 4.46. The van der Waals surface area contributed by atoms with Gasteiger partial charge in [0.2, 0.25) is 5.91 Å². The standard InChI is InChI=1S/C20H20ClFN2O2/c21-16-9-7-14(8-10-16)13-24-11-2-1-6-18(20(24)26)23-19(25)15-4-3-5-17(22)12-15/h3-5,7-10,12,18H,1-2,6,11,13H2,(H,23,25). The van der Waals surface area contributed by atoms with Crippen molar-refractivity contribution in [3.05, 3.63) is 70.5 Å². The van der Waals surface area contributed by atoms with Crippen molar-refractivity contribution in [3.8, 4) is 0 Å². The van der Waals surface area contributed by atoms with Crippen LogP contribution in [0.4, 0.5) is 4.39 Å². The molecule has 2 amide bonds. The molecule has 0 aliphatic carbocycles. The Morgan fingerprint density at radius 2 is 1.96 bits per heavy atom. The van der Waals surface area contributed by atoms with Gasteiger partial charge in [-0.15, -0.1) is 0 Å². The summed E-state index contributed by atoms with van der Waals surface area (Å²) in [4.78, 5) is 27.0. The van der Waals surface area contributed by atoms with Crippen LogP contribution in [-0.4, -0.2) is 29.3 Å². The number of carbonyl (C=O) groups excluding carboxylic acids is 2. The van der Waals surface area contributed by atoms with E-state index in [4.69, 9.17) is 11.6 Å². The highest BCUT2D eigenvalue weighted by Crippen LogP contribution is 2.17. The van der Waals surface area contributed by atoms with Gasteiger partial charge in [-0.2, -0.15) is 0 Å². The van der Waals surface area contributed by atoms with Gasteiger partial charge in [-0.25, -0.2) is 4.39 Å². The quantitative estimate of drug-likeness (QED) is 0.885. The molecule has 136 valence electrons. The summed E-state index contributed by atoms with van der Waals surface area (Å²) in [6.45, 7) is 1.12. The van der Waals surface area contributed by atoms with E-state index < -0.39 is 17.8 Å². The van der Waals surface area contributed by atoms with Crippen molar-refractivity contribution < 1.29 is 14.0 Å². The van der Waals surface area contributed by atoms with Gasteiger partial charge in [-0.05, 0) is 55.2 Å². The van der Waals surface area contributed by atoms with Crippen LogP contribution in [0.5, 0.6) is 0 Å². The molecule has 0 radical (unpaired) electrons. The molecule has 4 nitrogen and oxygen atoms in total. The Kier molecular flexibility index (Phi) is 5.89. The lowest BCUT2D eigenvalue weighted by molar-refractivity contribution is -0.133. The van der Waals surface area contributed by atoms with Crippen LogP contribution in [0.3, 0.4) is 0 Å². The van der Waals surface area contributed by atoms with Gasteiger partial charge in [-0.3, -0.25) is 9.59 Å². The first-order chi connectivity index (χ1) is 12.5. The van der Waals surface area contributed by atoms with Crippen LogP contribution in [0.25, 0.3) is 0 Å². The van der Waals surface area contributed by atoms with Gasteiger partial charge >= 0.3 is 0 Å². The Morgan fingerprint density at radius 3 is 2.69 bits per heavy atom. The van der Waals surface area contributed by atoms with Gasteiger partial charge in [0.05, 0.1) is 0 Å². The topological polar surface area (TPSA) is 49.4 Å². The third kappa shape index (κ3) is 4.61. The molecule has 0 saturated carbocycles. The Balaban J connectivity index is 1.69. The molecule has 0 aromatic heterocycles. The van der Waals surface area contributed by atoms with E-state index in [1.54, 1.807) is 17.0 Å². The van der Waals surface area contributed by atoms with Gasteiger partial charge in [0.1, 0.15) is 11.9 Å². The van der Waals surface area contributed by atoms with Crippen molar-refractivity contribution >= 4 is 23.4 Å². The van der Waals surface area contributed by atoms with Gasteiger partial charge in [0.25, 0.3) is 5.91 Å². The Hall–Kier alpha value is -2.40. The molecule has 1 aliphatic rings. The zero-order chi connectivity index (χ0) is 18.5. The van der Waals surface area contributed by atoms with Crippen molar-refractivity contribution in [1.82, 2.24) is 10.2 Å². The summed E-state index contributed by atoms with van der Waals surface area (Å²) in [5, 5.41) is 3.41. The van der Waals surface area contributed by atoms with Crippen LogP contribution in [-0.2, 0) is 11.3 Å². The lowest BCUT2D eigenvalue weighted by Gasteiger charge is -2.25. The van der Waals surface area contributed by atoms with Gasteiger partial charge in [-0.1, -0.05) is 29.8 Å². The molecule has 2 aromatic rings. The average molecular weight is 375 g/mol. The first kappa shape index (κ1) is 18.4. The highest BCUT2D eigenvalue weighted by atomic mass is 35.5. The van der Waals surface area contributed by atoms with E-state index in [2.05, 4.69) is 5.32 Å². The fourth-order valence-corrected chi connectivity index (χ4v) is 3.20. The zero-order valence-electron chi connectivity index (χ0n) is 14.3. The Bertz CT molecular complexity index is 795. The zero-order valence-corrected chi connectivity index (χ0v) is 15.0. The summed E-state index contributed by atoms with van der Waals surface area (Å²) < 4.78 is 13.3. The highest BCUT2D eigenvalue weighted by molar-refractivity contribution is 6.30. The SMILES string of the molecule is O=C(NC1CCCCN(Cc2ccc(Cl)cc2)C1=O)c1cccc(F)c1. The number of nitrogens with zero attached hydrogens (tertiary/aromatic N) is 1. The van der Waals surface area contributed by atoms with E-state index in [1.165, 1.54) is 24.3 Å². The number of nitrogens with one attached hydrogen (secondary N) is 1. The minimum absolute atomic E-state index is 0.109. The molecule has 1 aliphatic heterocycles. The summed E-state index contributed by atoms with van der Waals surface area (Å²) in [5.41, 5.74) is 1.20. The molecule has 6 heteroatoms. The average Bonchev–Trinajstić information content (AvgIpc) is 2.79. The van der Waals surface area contributed by atoms with Crippen LogP contribution in [0.2, 0.25) is 5.02 Å². The normalized spacial score (nSPS) is 17.7. The summed E-state index contributed by atoms with van der Waals surface area (Å²) in [6, 6.07) is 12.2. The first-order valence-corrected chi connectivity index (χ1v) is 9.00. The van der Waals surface area contributed by atoms with E-state index in [1.807, 2.05) is 12.1 Å². The molecule has 1 fully saturated rings. The number of rotatable bonds is 4. The maximum Gasteiger partial charge on any atom is 0.252 e. The summed E-state index contributed by atoms with van der Waals surface area (Å²) in [7, 11) is 0. The predicted molar refractivity (Wildman–Crippen MR) is 98.4 cm³/mol. The highest BCUT2D eigenvalue weighted by Gasteiger charge is 2.28. The number of hydrogen-bond donors (Lipinski definition) is 1. The molecule has 2 aromatic carbocycles. The van der Waals surface area contributed by atoms with E-state index in [0.29, 0.717) is 24.5 Å². The molecule has 0 bridgehead atoms. The van der Waals surface area contributed by atoms with Crippen LogP contribution in [0.15, 0.2) is 48.5 Å². The van der Waals surface area contributed by atoms with Crippen molar-refractivity contribution in [3.63, 3.8) is 0 Å². The molecule has 1 saturated heterocycles. The first-order valence-electron chi connectivity index (χ1n) is 8.62. The van der Waals surface area contributed by atoms with Crippen molar-refractivity contribution in [1.29, 1.82) is 0 Å². The molecule has 1 unspecified atom stereocenters. The second-order valence-corrected chi connectivity index (χ2v) is 6.85. The monoisotopic (exact) mass is 374 g/mol. The predicted octanol–water partition coefficient (Wildman–Crippen LogP) is 3.79. The number of likely N-dealkylation sites (tertiary alicyclic amines) is 1. The largest absolute Gasteiger partial charge is 0.340 e. The minimum Gasteiger partial charge on any atom is -0.340 e. The maximum absolute atomic E-state index is 13.3. The number of hydrogen-bond acceptors (Lipinski definition) is 2. The van der Waals surface area contributed by atoms with E-state index in [9.17, 15) is 14.0 Å². The van der Waals surface area contributed by atoms with E-state index >= 15 is 0 Å². The lowest BCUT2D eigenvalue weighted by atomic mass is 10.1. The third-order valence-corrected chi connectivity index (χ3v) is 4.71. The number of amides is 2. The second kappa shape index (κ2) is 8.32. The van der Waals surface area contributed by atoms with Gasteiger partial charge in [0, 0.05) is 23.7 Å².